The summed E-state index contributed by atoms with van der Waals surface area (Å²) in [5.41, 5.74) is 0.0196. The van der Waals surface area contributed by atoms with E-state index in [9.17, 15) is 9.59 Å². The van der Waals surface area contributed by atoms with Crippen LogP contribution in [-0.2, 0) is 11.3 Å². The Morgan fingerprint density at radius 1 is 1.16 bits per heavy atom. The van der Waals surface area contributed by atoms with Crippen LogP contribution in [0, 0.1) is 17.8 Å². The van der Waals surface area contributed by atoms with Gasteiger partial charge in [0.2, 0.25) is 11.5 Å². The number of nitrogens with zero attached hydrogens (tertiary/aromatic N) is 1. The summed E-state index contributed by atoms with van der Waals surface area (Å²) in [4.78, 5) is 23.8. The van der Waals surface area contributed by atoms with Crippen LogP contribution in [0.15, 0.2) is 29.2 Å². The van der Waals surface area contributed by atoms with Crippen molar-refractivity contribution in [2.45, 2.75) is 56.2 Å². The fourth-order valence-corrected chi connectivity index (χ4v) is 7.20. The van der Waals surface area contributed by atoms with Crippen molar-refractivity contribution >= 4 is 17.7 Å². The highest BCUT2D eigenvalue weighted by molar-refractivity contribution is 8.01. The van der Waals surface area contributed by atoms with Crippen LogP contribution in [0.2, 0.25) is 0 Å². The maximum Gasteiger partial charge on any atom is 0.250 e. The molecule has 136 valence electrons. The number of hydrogen-bond acceptors (Lipinski definition) is 3. The summed E-state index contributed by atoms with van der Waals surface area (Å²) in [7, 11) is 0. The van der Waals surface area contributed by atoms with E-state index in [0.717, 1.165) is 24.2 Å². The molecule has 0 radical (unpaired) electrons. The second-order valence-corrected chi connectivity index (χ2v) is 9.77. The van der Waals surface area contributed by atoms with Gasteiger partial charge in [0.15, 0.2) is 0 Å². The van der Waals surface area contributed by atoms with Gasteiger partial charge in [-0.3, -0.25) is 9.59 Å². The number of pyridine rings is 1. The fourth-order valence-electron chi connectivity index (χ4n) is 5.60. The van der Waals surface area contributed by atoms with Crippen LogP contribution >= 0.6 is 11.8 Å². The van der Waals surface area contributed by atoms with Crippen molar-refractivity contribution in [2.75, 3.05) is 12.3 Å². The van der Waals surface area contributed by atoms with E-state index >= 15 is 0 Å². The maximum atomic E-state index is 12.2. The van der Waals surface area contributed by atoms with Crippen LogP contribution in [-0.4, -0.2) is 27.5 Å². The predicted octanol–water partition coefficient (Wildman–Crippen LogP) is 3.06. The third-order valence-electron chi connectivity index (χ3n) is 6.29. The van der Waals surface area contributed by atoms with Gasteiger partial charge in [0.05, 0.1) is 5.75 Å². The SMILES string of the molecule is O=C(CSC12CC3CC(CC(C3)C1)C2)NCCCn1ccccc1=O. The van der Waals surface area contributed by atoms with Gasteiger partial charge in [0.25, 0.3) is 0 Å². The zero-order chi connectivity index (χ0) is 17.3. The Hall–Kier alpha value is -1.23. The molecular weight excluding hydrogens is 332 g/mol. The van der Waals surface area contributed by atoms with Crippen molar-refractivity contribution in [3.8, 4) is 0 Å². The summed E-state index contributed by atoms with van der Waals surface area (Å²) in [6.45, 7) is 1.30. The van der Waals surface area contributed by atoms with Crippen LogP contribution in [0.1, 0.15) is 44.9 Å². The summed E-state index contributed by atoms with van der Waals surface area (Å²) in [6, 6.07) is 5.19. The Morgan fingerprint density at radius 3 is 2.48 bits per heavy atom. The average molecular weight is 361 g/mol. The summed E-state index contributed by atoms with van der Waals surface area (Å²) >= 11 is 1.93. The molecule has 0 aliphatic heterocycles. The highest BCUT2D eigenvalue weighted by Crippen LogP contribution is 2.60. The normalized spacial score (nSPS) is 32.7. The molecule has 4 saturated carbocycles. The first-order chi connectivity index (χ1) is 12.1. The third-order valence-corrected chi connectivity index (χ3v) is 7.81. The monoisotopic (exact) mass is 360 g/mol. The number of nitrogens with one attached hydrogen (secondary N) is 1. The lowest BCUT2D eigenvalue weighted by molar-refractivity contribution is -0.118. The summed E-state index contributed by atoms with van der Waals surface area (Å²) in [6.07, 6.45) is 11.0. The molecule has 4 aliphatic rings. The molecule has 5 rings (SSSR count). The number of amides is 1. The lowest BCUT2D eigenvalue weighted by atomic mass is 9.56. The third kappa shape index (κ3) is 3.97. The molecule has 0 saturated heterocycles. The Bertz CT molecular complexity index is 649. The minimum absolute atomic E-state index is 0.0196. The van der Waals surface area contributed by atoms with Gasteiger partial charge in [0.1, 0.15) is 0 Å². The largest absolute Gasteiger partial charge is 0.355 e. The molecule has 1 N–H and O–H groups in total. The molecule has 4 aliphatic carbocycles. The van der Waals surface area contributed by atoms with E-state index in [2.05, 4.69) is 5.32 Å². The van der Waals surface area contributed by atoms with Gasteiger partial charge in [-0.15, -0.1) is 11.8 Å². The molecule has 4 bridgehead atoms. The smallest absolute Gasteiger partial charge is 0.250 e. The standard InChI is InChI=1S/C20H28N2O2S/c23-18(21-5-3-7-22-6-2-1-4-19(22)24)14-25-20-11-15-8-16(12-20)10-17(9-15)13-20/h1-2,4,6,15-17H,3,5,7-14H2,(H,21,23). The first kappa shape index (κ1) is 17.2. The first-order valence-corrected chi connectivity index (χ1v) is 10.7. The quantitative estimate of drug-likeness (QED) is 0.761. The molecular formula is C20H28N2O2S. The van der Waals surface area contributed by atoms with Crippen molar-refractivity contribution < 1.29 is 4.79 Å². The molecule has 25 heavy (non-hydrogen) atoms. The average Bonchev–Trinajstić information content (AvgIpc) is 2.57. The van der Waals surface area contributed by atoms with Crippen LogP contribution in [0.25, 0.3) is 0 Å². The molecule has 4 fully saturated rings. The Morgan fingerprint density at radius 2 is 1.84 bits per heavy atom. The van der Waals surface area contributed by atoms with Gasteiger partial charge in [0, 0.05) is 30.1 Å². The van der Waals surface area contributed by atoms with Gasteiger partial charge in [-0.1, -0.05) is 6.07 Å². The number of rotatable bonds is 7. The molecule has 0 unspecified atom stereocenters. The fraction of sp³-hybridized carbons (Fsp3) is 0.700. The second-order valence-electron chi connectivity index (χ2n) is 8.33. The summed E-state index contributed by atoms with van der Waals surface area (Å²) in [5.74, 6) is 3.56. The molecule has 1 heterocycles. The Kier molecular flexibility index (Phi) is 4.94. The minimum Gasteiger partial charge on any atom is -0.355 e. The van der Waals surface area contributed by atoms with Crippen molar-refractivity contribution in [3.05, 3.63) is 34.7 Å². The topological polar surface area (TPSA) is 51.1 Å². The van der Waals surface area contributed by atoms with Gasteiger partial charge in [-0.25, -0.2) is 0 Å². The minimum atomic E-state index is 0.0196. The number of aryl methyl sites for hydroxylation is 1. The Balaban J connectivity index is 1.19. The lowest BCUT2D eigenvalue weighted by Crippen LogP contribution is -2.49. The summed E-state index contributed by atoms with van der Waals surface area (Å²) in [5, 5.41) is 3.03. The van der Waals surface area contributed by atoms with Crippen molar-refractivity contribution in [3.63, 3.8) is 0 Å². The van der Waals surface area contributed by atoms with Gasteiger partial charge < -0.3 is 9.88 Å². The Labute approximate surface area is 153 Å². The second kappa shape index (κ2) is 7.18. The predicted molar refractivity (Wildman–Crippen MR) is 102 cm³/mol. The van der Waals surface area contributed by atoms with Gasteiger partial charge in [-0.05, 0) is 68.8 Å². The molecule has 1 aromatic heterocycles. The van der Waals surface area contributed by atoms with E-state index in [1.165, 1.54) is 38.5 Å². The van der Waals surface area contributed by atoms with Gasteiger partial charge in [-0.2, -0.15) is 0 Å². The number of carbonyl (C=O) groups is 1. The number of aromatic nitrogens is 1. The molecule has 1 amide bonds. The first-order valence-electron chi connectivity index (χ1n) is 9.68. The highest BCUT2D eigenvalue weighted by Gasteiger charge is 2.51. The van der Waals surface area contributed by atoms with E-state index in [4.69, 9.17) is 0 Å². The number of carbonyl (C=O) groups excluding carboxylic acids is 1. The van der Waals surface area contributed by atoms with Crippen molar-refractivity contribution in [2.24, 2.45) is 17.8 Å². The molecule has 1 aromatic rings. The summed E-state index contributed by atoms with van der Waals surface area (Å²) < 4.78 is 2.10. The van der Waals surface area contributed by atoms with Crippen LogP contribution in [0.3, 0.4) is 0 Å². The van der Waals surface area contributed by atoms with E-state index in [1.807, 2.05) is 17.8 Å². The molecule has 0 atom stereocenters. The zero-order valence-corrected chi connectivity index (χ0v) is 15.6. The number of hydrogen-bond donors (Lipinski definition) is 1. The van der Waals surface area contributed by atoms with Gasteiger partial charge >= 0.3 is 0 Å². The van der Waals surface area contributed by atoms with E-state index in [-0.39, 0.29) is 11.5 Å². The molecule has 0 aromatic carbocycles. The van der Waals surface area contributed by atoms with Crippen LogP contribution in [0.5, 0.6) is 0 Å². The van der Waals surface area contributed by atoms with E-state index in [1.54, 1.807) is 22.9 Å². The lowest BCUT2D eigenvalue weighted by Gasteiger charge is -2.56. The van der Waals surface area contributed by atoms with Crippen molar-refractivity contribution in [1.82, 2.24) is 9.88 Å². The number of thioether (sulfide) groups is 1. The van der Waals surface area contributed by atoms with Crippen LogP contribution < -0.4 is 10.9 Å². The van der Waals surface area contributed by atoms with E-state index < -0.39 is 0 Å². The maximum absolute atomic E-state index is 12.2. The van der Waals surface area contributed by atoms with Crippen molar-refractivity contribution in [1.29, 1.82) is 0 Å². The zero-order valence-electron chi connectivity index (χ0n) is 14.8. The highest BCUT2D eigenvalue weighted by atomic mass is 32.2. The molecule has 0 spiro atoms. The van der Waals surface area contributed by atoms with Crippen LogP contribution in [0.4, 0.5) is 0 Å². The molecule has 5 heteroatoms. The molecule has 4 nitrogen and oxygen atoms in total. The van der Waals surface area contributed by atoms with E-state index in [0.29, 0.717) is 23.6 Å².